The number of halogens is 6. The standard InChI is InChI=1S/C15H12BrF5N2O2/c1-6(23(2)5-7-3-4-8(16)25-7)15(24)22-14-12(20)10(18)9(17)11(19)13(14)21/h3-4,6H,5H2,1-2H3,(H,22,24). The summed E-state index contributed by atoms with van der Waals surface area (Å²) in [6.45, 7) is 1.58. The van der Waals surface area contributed by atoms with Gasteiger partial charge in [-0.25, -0.2) is 22.0 Å². The molecule has 0 saturated heterocycles. The Morgan fingerprint density at radius 1 is 1.12 bits per heavy atom. The Labute approximate surface area is 147 Å². The maximum absolute atomic E-state index is 13.6. The third-order valence-corrected chi connectivity index (χ3v) is 3.96. The molecule has 1 atom stereocenters. The van der Waals surface area contributed by atoms with Gasteiger partial charge in [-0.15, -0.1) is 0 Å². The van der Waals surface area contributed by atoms with Crippen LogP contribution in [0.3, 0.4) is 0 Å². The average Bonchev–Trinajstić information content (AvgIpc) is 2.98. The van der Waals surface area contributed by atoms with Crippen molar-refractivity contribution in [2.45, 2.75) is 19.5 Å². The number of anilines is 1. The summed E-state index contributed by atoms with van der Waals surface area (Å²) < 4.78 is 72.3. The van der Waals surface area contributed by atoms with E-state index < -0.39 is 46.7 Å². The third kappa shape index (κ3) is 4.01. The highest BCUT2D eigenvalue weighted by Gasteiger charge is 2.28. The van der Waals surface area contributed by atoms with Crippen molar-refractivity contribution in [3.05, 3.63) is 51.6 Å². The molecule has 2 aromatic rings. The van der Waals surface area contributed by atoms with Crippen LogP contribution in [0.25, 0.3) is 0 Å². The van der Waals surface area contributed by atoms with E-state index in [9.17, 15) is 26.7 Å². The number of hydrogen-bond acceptors (Lipinski definition) is 3. The Bertz CT molecular complexity index is 782. The number of carbonyl (C=O) groups is 1. The largest absolute Gasteiger partial charge is 0.453 e. The van der Waals surface area contributed by atoms with Gasteiger partial charge < -0.3 is 9.73 Å². The third-order valence-electron chi connectivity index (χ3n) is 3.53. The summed E-state index contributed by atoms with van der Waals surface area (Å²) in [5, 5.41) is 1.74. The molecular formula is C15H12BrF5N2O2. The number of likely N-dealkylation sites (N-methyl/N-ethyl adjacent to an activating group) is 1. The highest BCUT2D eigenvalue weighted by atomic mass is 79.9. The highest BCUT2D eigenvalue weighted by molar-refractivity contribution is 9.10. The molecule has 4 nitrogen and oxygen atoms in total. The van der Waals surface area contributed by atoms with E-state index in [1.165, 1.54) is 18.9 Å². The molecule has 1 N–H and O–H groups in total. The van der Waals surface area contributed by atoms with Gasteiger partial charge in [0.1, 0.15) is 11.4 Å². The summed E-state index contributed by atoms with van der Waals surface area (Å²) in [7, 11) is 1.53. The number of nitrogens with one attached hydrogen (secondary N) is 1. The van der Waals surface area contributed by atoms with E-state index in [0.29, 0.717) is 10.4 Å². The first-order valence-electron chi connectivity index (χ1n) is 6.90. The Hall–Kier alpha value is -1.94. The van der Waals surface area contributed by atoms with Crippen LogP contribution in [0.5, 0.6) is 0 Å². The van der Waals surface area contributed by atoms with Gasteiger partial charge in [-0.1, -0.05) is 0 Å². The summed E-state index contributed by atoms with van der Waals surface area (Å²) in [6.07, 6.45) is 0. The van der Waals surface area contributed by atoms with Crippen molar-refractivity contribution in [2.24, 2.45) is 0 Å². The molecule has 136 valence electrons. The van der Waals surface area contributed by atoms with Crippen molar-refractivity contribution in [1.29, 1.82) is 0 Å². The van der Waals surface area contributed by atoms with Crippen LogP contribution in [0.2, 0.25) is 0 Å². The minimum absolute atomic E-state index is 0.178. The predicted octanol–water partition coefficient (Wildman–Crippen LogP) is 4.20. The molecular weight excluding hydrogens is 415 g/mol. The van der Waals surface area contributed by atoms with Gasteiger partial charge in [0, 0.05) is 0 Å². The maximum atomic E-state index is 13.6. The van der Waals surface area contributed by atoms with Gasteiger partial charge in [-0.2, -0.15) is 0 Å². The molecule has 10 heteroatoms. The zero-order valence-electron chi connectivity index (χ0n) is 13.0. The number of carbonyl (C=O) groups excluding carboxylic acids is 1. The van der Waals surface area contributed by atoms with Crippen LogP contribution in [-0.2, 0) is 11.3 Å². The minimum Gasteiger partial charge on any atom is -0.453 e. The Balaban J connectivity index is 2.16. The lowest BCUT2D eigenvalue weighted by molar-refractivity contribution is -0.120. The summed E-state index contributed by atoms with van der Waals surface area (Å²) in [5.74, 6) is -11.2. The molecule has 0 spiro atoms. The Kier molecular flexibility index (Phi) is 5.83. The molecule has 0 aliphatic heterocycles. The second-order valence-electron chi connectivity index (χ2n) is 5.23. The lowest BCUT2D eigenvalue weighted by Gasteiger charge is -2.23. The molecule has 1 aromatic carbocycles. The lowest BCUT2D eigenvalue weighted by atomic mass is 10.2. The molecule has 0 radical (unpaired) electrons. The van der Waals surface area contributed by atoms with Crippen molar-refractivity contribution >= 4 is 27.5 Å². The summed E-state index contributed by atoms with van der Waals surface area (Å²) >= 11 is 3.12. The van der Waals surface area contributed by atoms with E-state index >= 15 is 0 Å². The molecule has 0 fully saturated rings. The van der Waals surface area contributed by atoms with Gasteiger partial charge in [0.2, 0.25) is 11.7 Å². The number of nitrogens with zero attached hydrogens (tertiary/aromatic N) is 1. The molecule has 0 aliphatic carbocycles. The average molecular weight is 427 g/mol. The van der Waals surface area contributed by atoms with E-state index in [4.69, 9.17) is 4.42 Å². The van der Waals surface area contributed by atoms with E-state index in [1.807, 2.05) is 0 Å². The van der Waals surface area contributed by atoms with Crippen molar-refractivity contribution in [3.63, 3.8) is 0 Å². The fourth-order valence-corrected chi connectivity index (χ4v) is 2.30. The van der Waals surface area contributed by atoms with Crippen LogP contribution < -0.4 is 5.32 Å². The Morgan fingerprint density at radius 3 is 2.12 bits per heavy atom. The number of amides is 1. The first-order chi connectivity index (χ1) is 11.6. The second-order valence-corrected chi connectivity index (χ2v) is 6.01. The second kappa shape index (κ2) is 7.52. The zero-order chi connectivity index (χ0) is 18.9. The van der Waals surface area contributed by atoms with E-state index in [2.05, 4.69) is 15.9 Å². The maximum Gasteiger partial charge on any atom is 0.241 e. The van der Waals surface area contributed by atoms with Crippen molar-refractivity contribution in [2.75, 3.05) is 12.4 Å². The first kappa shape index (κ1) is 19.4. The Morgan fingerprint density at radius 2 is 1.64 bits per heavy atom. The monoisotopic (exact) mass is 426 g/mol. The topological polar surface area (TPSA) is 45.5 Å². The highest BCUT2D eigenvalue weighted by Crippen LogP contribution is 2.27. The van der Waals surface area contributed by atoms with Crippen LogP contribution >= 0.6 is 15.9 Å². The molecule has 0 aliphatic rings. The molecule has 25 heavy (non-hydrogen) atoms. The van der Waals surface area contributed by atoms with E-state index in [1.54, 1.807) is 17.4 Å². The molecule has 1 amide bonds. The quantitative estimate of drug-likeness (QED) is 0.442. The van der Waals surface area contributed by atoms with Crippen molar-refractivity contribution in [3.8, 4) is 0 Å². The van der Waals surface area contributed by atoms with Crippen LogP contribution in [0.4, 0.5) is 27.6 Å². The van der Waals surface area contributed by atoms with Gasteiger partial charge in [-0.05, 0) is 42.0 Å². The first-order valence-corrected chi connectivity index (χ1v) is 7.69. The van der Waals surface area contributed by atoms with E-state index in [-0.39, 0.29) is 6.54 Å². The number of benzene rings is 1. The zero-order valence-corrected chi connectivity index (χ0v) is 14.6. The smallest absolute Gasteiger partial charge is 0.241 e. The van der Waals surface area contributed by atoms with Crippen LogP contribution in [-0.4, -0.2) is 23.9 Å². The minimum atomic E-state index is -2.29. The summed E-state index contributed by atoms with van der Waals surface area (Å²) in [5.41, 5.74) is -1.39. The fourth-order valence-electron chi connectivity index (χ4n) is 1.96. The SMILES string of the molecule is CC(C(=O)Nc1c(F)c(F)c(F)c(F)c1F)N(C)Cc1ccc(Br)o1. The number of rotatable bonds is 5. The summed E-state index contributed by atoms with van der Waals surface area (Å²) in [4.78, 5) is 13.6. The van der Waals surface area contributed by atoms with Gasteiger partial charge in [0.15, 0.2) is 27.9 Å². The van der Waals surface area contributed by atoms with Gasteiger partial charge in [-0.3, -0.25) is 9.69 Å². The van der Waals surface area contributed by atoms with Crippen molar-refractivity contribution in [1.82, 2.24) is 4.90 Å². The van der Waals surface area contributed by atoms with Crippen LogP contribution in [0, 0.1) is 29.1 Å². The number of hydrogen-bond donors (Lipinski definition) is 1. The molecule has 0 bridgehead atoms. The van der Waals surface area contributed by atoms with Crippen molar-refractivity contribution < 1.29 is 31.2 Å². The molecule has 1 aromatic heterocycles. The van der Waals surface area contributed by atoms with Crippen LogP contribution in [0.1, 0.15) is 12.7 Å². The van der Waals surface area contributed by atoms with E-state index in [0.717, 1.165) is 0 Å². The van der Waals surface area contributed by atoms with Gasteiger partial charge in [0.05, 0.1) is 12.6 Å². The molecule has 2 rings (SSSR count). The lowest BCUT2D eigenvalue weighted by Crippen LogP contribution is -2.39. The molecule has 1 unspecified atom stereocenters. The predicted molar refractivity (Wildman–Crippen MR) is 82.2 cm³/mol. The normalized spacial score (nSPS) is 12.5. The van der Waals surface area contributed by atoms with Crippen LogP contribution in [0.15, 0.2) is 21.2 Å². The summed E-state index contributed by atoms with van der Waals surface area (Å²) in [6, 6.07) is 2.34. The van der Waals surface area contributed by atoms with Gasteiger partial charge in [0.25, 0.3) is 0 Å². The molecule has 0 saturated carbocycles. The number of furan rings is 1. The van der Waals surface area contributed by atoms with Gasteiger partial charge >= 0.3 is 0 Å². The molecule has 1 heterocycles. The fraction of sp³-hybridized carbons (Fsp3) is 0.267.